The minimum absolute atomic E-state index is 0.133. The molecule has 19 heavy (non-hydrogen) atoms. The Hall–Kier alpha value is -0.920. The highest BCUT2D eigenvalue weighted by Crippen LogP contribution is 2.19. The van der Waals surface area contributed by atoms with Gasteiger partial charge in [0.05, 0.1) is 0 Å². The molecule has 6 nitrogen and oxygen atoms in total. The monoisotopic (exact) mass is 288 g/mol. The highest BCUT2D eigenvalue weighted by molar-refractivity contribution is 7.89. The van der Waals surface area contributed by atoms with Crippen LogP contribution in [0.1, 0.15) is 38.4 Å². The Bertz CT molecular complexity index is 508. The third kappa shape index (κ3) is 3.77. The lowest BCUT2D eigenvalue weighted by atomic mass is 10.2. The molecule has 0 aliphatic rings. The molecule has 0 saturated carbocycles. The summed E-state index contributed by atoms with van der Waals surface area (Å²) in [4.78, 5) is 0. The summed E-state index contributed by atoms with van der Waals surface area (Å²) >= 11 is 0. The number of hydrogen-bond donors (Lipinski definition) is 2. The second-order valence-corrected chi connectivity index (χ2v) is 6.95. The molecule has 0 aliphatic carbocycles. The van der Waals surface area contributed by atoms with Crippen molar-refractivity contribution in [3.05, 3.63) is 11.3 Å². The van der Waals surface area contributed by atoms with Crippen molar-refractivity contribution >= 4 is 10.0 Å². The van der Waals surface area contributed by atoms with Gasteiger partial charge in [0, 0.05) is 37.4 Å². The van der Waals surface area contributed by atoms with Gasteiger partial charge >= 0.3 is 0 Å². The van der Waals surface area contributed by atoms with E-state index in [0.717, 1.165) is 17.7 Å². The lowest BCUT2D eigenvalue weighted by Gasteiger charge is -2.16. The molecule has 7 heteroatoms. The molecule has 1 aromatic rings. The van der Waals surface area contributed by atoms with Gasteiger partial charge < -0.3 is 5.32 Å². The number of H-pyrrole nitrogens is 1. The third-order valence-corrected chi connectivity index (χ3v) is 4.75. The minimum Gasteiger partial charge on any atom is -0.310 e. The summed E-state index contributed by atoms with van der Waals surface area (Å²) in [6.07, 6.45) is 0.777. The zero-order valence-corrected chi connectivity index (χ0v) is 13.1. The molecule has 0 amide bonds. The quantitative estimate of drug-likeness (QED) is 0.791. The van der Waals surface area contributed by atoms with Crippen molar-refractivity contribution in [2.75, 3.05) is 13.6 Å². The van der Waals surface area contributed by atoms with E-state index < -0.39 is 10.0 Å². The first-order chi connectivity index (χ1) is 8.80. The van der Waals surface area contributed by atoms with Crippen LogP contribution < -0.4 is 5.32 Å². The second kappa shape index (κ2) is 6.49. The zero-order valence-electron chi connectivity index (χ0n) is 12.3. The van der Waals surface area contributed by atoms with E-state index >= 15 is 0 Å². The molecule has 110 valence electrons. The molecule has 0 aliphatic heterocycles. The normalized spacial score (nSPS) is 12.6. The summed E-state index contributed by atoms with van der Waals surface area (Å²) in [6.45, 7) is 8.81. The summed E-state index contributed by atoms with van der Waals surface area (Å²) in [6, 6.07) is 0.290. The van der Waals surface area contributed by atoms with E-state index in [1.165, 1.54) is 4.31 Å². The first-order valence-electron chi connectivity index (χ1n) is 6.54. The fourth-order valence-corrected chi connectivity index (χ4v) is 3.16. The molecule has 0 fully saturated rings. The standard InChI is InChI=1S/C12H24N4O2S/c1-6-7-16(5)19(17,18)12-11(8-13-9(2)3)10(4)14-15-12/h9,13H,6-8H2,1-5H3,(H,14,15). The molecule has 0 radical (unpaired) electrons. The molecule has 1 aromatic heterocycles. The number of nitrogens with zero attached hydrogens (tertiary/aromatic N) is 2. The number of rotatable bonds is 7. The molecule has 0 aromatic carbocycles. The van der Waals surface area contributed by atoms with Crippen molar-refractivity contribution in [3.63, 3.8) is 0 Å². The van der Waals surface area contributed by atoms with Gasteiger partial charge in [0.15, 0.2) is 5.03 Å². The predicted octanol–water partition coefficient (Wildman–Crippen LogP) is 1.25. The van der Waals surface area contributed by atoms with Crippen molar-refractivity contribution in [1.29, 1.82) is 0 Å². The van der Waals surface area contributed by atoms with Crippen LogP contribution in [0.3, 0.4) is 0 Å². The Balaban J connectivity index is 3.07. The Labute approximate surface area is 115 Å². The van der Waals surface area contributed by atoms with Crippen LogP contribution in [0.25, 0.3) is 0 Å². The van der Waals surface area contributed by atoms with Gasteiger partial charge in [-0.2, -0.15) is 9.40 Å². The average molecular weight is 288 g/mol. The first kappa shape index (κ1) is 16.1. The van der Waals surface area contributed by atoms with Crippen LogP contribution >= 0.6 is 0 Å². The van der Waals surface area contributed by atoms with Crippen LogP contribution in [0.2, 0.25) is 0 Å². The van der Waals surface area contributed by atoms with Crippen LogP contribution in [0.4, 0.5) is 0 Å². The van der Waals surface area contributed by atoms with Gasteiger partial charge in [-0.1, -0.05) is 20.8 Å². The molecule has 0 bridgehead atoms. The molecule has 2 N–H and O–H groups in total. The van der Waals surface area contributed by atoms with E-state index in [1.807, 2.05) is 27.7 Å². The maximum Gasteiger partial charge on any atom is 0.262 e. The molecule has 1 rings (SSSR count). The Morgan fingerprint density at radius 1 is 1.42 bits per heavy atom. The summed E-state index contributed by atoms with van der Waals surface area (Å²) in [5.74, 6) is 0. The van der Waals surface area contributed by atoms with Crippen molar-refractivity contribution in [2.24, 2.45) is 0 Å². The van der Waals surface area contributed by atoms with Crippen LogP contribution in [0.5, 0.6) is 0 Å². The van der Waals surface area contributed by atoms with Gasteiger partial charge in [-0.25, -0.2) is 8.42 Å². The lowest BCUT2D eigenvalue weighted by Crippen LogP contribution is -2.30. The maximum absolute atomic E-state index is 12.4. The topological polar surface area (TPSA) is 78.1 Å². The lowest BCUT2D eigenvalue weighted by molar-refractivity contribution is 0.463. The average Bonchev–Trinajstić information content (AvgIpc) is 2.68. The highest BCUT2D eigenvalue weighted by atomic mass is 32.2. The first-order valence-corrected chi connectivity index (χ1v) is 7.98. The number of hydrogen-bond acceptors (Lipinski definition) is 4. The minimum atomic E-state index is -3.51. The van der Waals surface area contributed by atoms with Gasteiger partial charge in [0.25, 0.3) is 10.0 Å². The van der Waals surface area contributed by atoms with Gasteiger partial charge in [-0.15, -0.1) is 0 Å². The third-order valence-electron chi connectivity index (χ3n) is 2.92. The molecule has 0 spiro atoms. The fraction of sp³-hybridized carbons (Fsp3) is 0.750. The van der Waals surface area contributed by atoms with Crippen LogP contribution in [0, 0.1) is 6.92 Å². The number of aromatic nitrogens is 2. The molecular weight excluding hydrogens is 264 g/mol. The van der Waals surface area contributed by atoms with Crippen LogP contribution in [0.15, 0.2) is 5.03 Å². The Morgan fingerprint density at radius 3 is 2.58 bits per heavy atom. The SMILES string of the molecule is CCCN(C)S(=O)(=O)c1n[nH]c(C)c1CNC(C)C. The summed E-state index contributed by atoms with van der Waals surface area (Å²) in [5, 5.41) is 10.1. The highest BCUT2D eigenvalue weighted by Gasteiger charge is 2.27. The summed E-state index contributed by atoms with van der Waals surface area (Å²) < 4.78 is 26.2. The largest absolute Gasteiger partial charge is 0.310 e. The smallest absolute Gasteiger partial charge is 0.262 e. The van der Waals surface area contributed by atoms with Gasteiger partial charge in [-0.3, -0.25) is 5.10 Å². The summed E-state index contributed by atoms with van der Waals surface area (Å²) in [7, 11) is -1.92. The second-order valence-electron chi connectivity index (χ2n) is 4.99. The summed E-state index contributed by atoms with van der Waals surface area (Å²) in [5.41, 5.74) is 1.51. The molecule has 0 saturated heterocycles. The van der Waals surface area contributed by atoms with E-state index in [2.05, 4.69) is 15.5 Å². The zero-order chi connectivity index (χ0) is 14.6. The number of aryl methyl sites for hydroxylation is 1. The van der Waals surface area contributed by atoms with E-state index in [9.17, 15) is 8.42 Å². The van der Waals surface area contributed by atoms with Crippen molar-refractivity contribution < 1.29 is 8.42 Å². The Kier molecular flexibility index (Phi) is 5.51. The van der Waals surface area contributed by atoms with Gasteiger partial charge in [0.2, 0.25) is 0 Å². The Morgan fingerprint density at radius 2 is 2.05 bits per heavy atom. The van der Waals surface area contributed by atoms with Crippen LogP contribution in [-0.4, -0.2) is 42.6 Å². The van der Waals surface area contributed by atoms with E-state index in [-0.39, 0.29) is 5.03 Å². The van der Waals surface area contributed by atoms with Gasteiger partial charge in [0.1, 0.15) is 0 Å². The molecular formula is C12H24N4O2S. The number of nitrogens with one attached hydrogen (secondary N) is 2. The maximum atomic E-state index is 12.4. The van der Waals surface area contributed by atoms with E-state index in [4.69, 9.17) is 0 Å². The molecule has 0 unspecified atom stereocenters. The number of sulfonamides is 1. The predicted molar refractivity (Wildman–Crippen MR) is 75.4 cm³/mol. The van der Waals surface area contributed by atoms with Crippen molar-refractivity contribution in [1.82, 2.24) is 19.8 Å². The van der Waals surface area contributed by atoms with Crippen molar-refractivity contribution in [3.8, 4) is 0 Å². The van der Waals surface area contributed by atoms with Gasteiger partial charge in [-0.05, 0) is 13.3 Å². The number of aromatic amines is 1. The van der Waals surface area contributed by atoms with E-state index in [1.54, 1.807) is 7.05 Å². The van der Waals surface area contributed by atoms with Crippen molar-refractivity contribution in [2.45, 2.75) is 51.7 Å². The van der Waals surface area contributed by atoms with Crippen LogP contribution in [-0.2, 0) is 16.6 Å². The molecule has 1 heterocycles. The molecule has 0 atom stereocenters. The van der Waals surface area contributed by atoms with E-state index in [0.29, 0.717) is 19.1 Å². The fourth-order valence-electron chi connectivity index (χ4n) is 1.74.